The third-order valence-corrected chi connectivity index (χ3v) is 3.81. The molecule has 1 aromatic carbocycles. The summed E-state index contributed by atoms with van der Waals surface area (Å²) in [6, 6.07) is 15.5. The second-order valence-corrected chi connectivity index (χ2v) is 5.13. The summed E-state index contributed by atoms with van der Waals surface area (Å²) in [6.45, 7) is 0.814. The van der Waals surface area contributed by atoms with E-state index in [1.807, 2.05) is 53.4 Å². The number of benzene rings is 1. The number of amides is 1. The summed E-state index contributed by atoms with van der Waals surface area (Å²) < 4.78 is 0. The Bertz CT molecular complexity index is 568. The van der Waals surface area contributed by atoms with Crippen molar-refractivity contribution in [3.05, 3.63) is 66.0 Å². The molecular weight excluding hydrogens is 248 g/mol. The maximum absolute atomic E-state index is 12.7. The van der Waals surface area contributed by atoms with Crippen LogP contribution in [0, 0.1) is 0 Å². The molecule has 1 fully saturated rings. The Morgan fingerprint density at radius 2 is 1.85 bits per heavy atom. The summed E-state index contributed by atoms with van der Waals surface area (Å²) in [5, 5.41) is 0. The largest absolute Gasteiger partial charge is 0.330 e. The molecule has 0 spiro atoms. The van der Waals surface area contributed by atoms with E-state index < -0.39 is 0 Å². The number of pyridine rings is 1. The van der Waals surface area contributed by atoms with Crippen LogP contribution in [-0.2, 0) is 0 Å². The standard InChI is InChI=1S/C17H18N2O/c20-17(14-8-2-1-3-9-14)19-13-7-5-11-16(19)15-10-4-6-12-18-15/h1-4,6,8-10,12,16H,5,7,11,13H2/t16-/m1/s1. The minimum absolute atomic E-state index is 0.109. The smallest absolute Gasteiger partial charge is 0.254 e. The van der Waals surface area contributed by atoms with Crippen LogP contribution in [0.4, 0.5) is 0 Å². The SMILES string of the molecule is O=C(c1ccccc1)N1CCCC[C@@H]1c1ccccn1. The lowest BCUT2D eigenvalue weighted by molar-refractivity contribution is 0.0606. The van der Waals surface area contributed by atoms with Gasteiger partial charge in [0.2, 0.25) is 0 Å². The molecule has 2 heterocycles. The highest BCUT2D eigenvalue weighted by Gasteiger charge is 2.29. The Morgan fingerprint density at radius 1 is 1.05 bits per heavy atom. The molecule has 1 aliphatic rings. The molecule has 0 bridgehead atoms. The molecule has 3 heteroatoms. The van der Waals surface area contributed by atoms with Gasteiger partial charge in [-0.1, -0.05) is 24.3 Å². The highest BCUT2D eigenvalue weighted by Crippen LogP contribution is 2.30. The zero-order valence-corrected chi connectivity index (χ0v) is 11.4. The summed E-state index contributed by atoms with van der Waals surface area (Å²) in [5.74, 6) is 0.112. The normalized spacial score (nSPS) is 18.8. The number of piperidine rings is 1. The second-order valence-electron chi connectivity index (χ2n) is 5.13. The van der Waals surface area contributed by atoms with E-state index in [1.54, 1.807) is 6.20 Å². The van der Waals surface area contributed by atoms with E-state index >= 15 is 0 Å². The van der Waals surface area contributed by atoms with E-state index in [2.05, 4.69) is 4.98 Å². The van der Waals surface area contributed by atoms with E-state index in [-0.39, 0.29) is 11.9 Å². The predicted octanol–water partition coefficient (Wildman–Crippen LogP) is 3.45. The Labute approximate surface area is 119 Å². The number of likely N-dealkylation sites (tertiary alicyclic amines) is 1. The van der Waals surface area contributed by atoms with E-state index in [9.17, 15) is 4.79 Å². The molecule has 0 unspecified atom stereocenters. The van der Waals surface area contributed by atoms with Crippen molar-refractivity contribution in [2.24, 2.45) is 0 Å². The number of carbonyl (C=O) groups is 1. The molecule has 102 valence electrons. The molecular formula is C17H18N2O. The second kappa shape index (κ2) is 5.87. The van der Waals surface area contributed by atoms with Crippen LogP contribution < -0.4 is 0 Å². The first-order valence-electron chi connectivity index (χ1n) is 7.13. The van der Waals surface area contributed by atoms with Crippen molar-refractivity contribution in [3.8, 4) is 0 Å². The number of hydrogen-bond acceptors (Lipinski definition) is 2. The first-order valence-corrected chi connectivity index (χ1v) is 7.13. The minimum atomic E-state index is 0.109. The summed E-state index contributed by atoms with van der Waals surface area (Å²) in [7, 11) is 0. The van der Waals surface area contributed by atoms with Gasteiger partial charge in [-0.15, -0.1) is 0 Å². The van der Waals surface area contributed by atoms with Crippen LogP contribution in [0.1, 0.15) is 41.4 Å². The lowest BCUT2D eigenvalue weighted by Crippen LogP contribution is -2.38. The highest BCUT2D eigenvalue weighted by molar-refractivity contribution is 5.94. The molecule has 1 aliphatic heterocycles. The van der Waals surface area contributed by atoms with Gasteiger partial charge < -0.3 is 4.90 Å². The van der Waals surface area contributed by atoms with Gasteiger partial charge in [0, 0.05) is 18.3 Å². The monoisotopic (exact) mass is 266 g/mol. The third kappa shape index (κ3) is 2.57. The van der Waals surface area contributed by atoms with Gasteiger partial charge in [-0.25, -0.2) is 0 Å². The van der Waals surface area contributed by atoms with Crippen LogP contribution in [0.25, 0.3) is 0 Å². The zero-order chi connectivity index (χ0) is 13.8. The van der Waals surface area contributed by atoms with Crippen LogP contribution in [0.3, 0.4) is 0 Å². The Hall–Kier alpha value is -2.16. The molecule has 0 saturated carbocycles. The van der Waals surface area contributed by atoms with E-state index in [4.69, 9.17) is 0 Å². The van der Waals surface area contributed by atoms with Gasteiger partial charge in [-0.3, -0.25) is 9.78 Å². The average Bonchev–Trinajstić information content (AvgIpc) is 2.56. The van der Waals surface area contributed by atoms with Crippen LogP contribution in [-0.4, -0.2) is 22.3 Å². The summed E-state index contributed by atoms with van der Waals surface area (Å²) >= 11 is 0. The Balaban J connectivity index is 1.88. The molecule has 20 heavy (non-hydrogen) atoms. The molecule has 0 aliphatic carbocycles. The van der Waals surface area contributed by atoms with E-state index in [0.717, 1.165) is 37.1 Å². The fraction of sp³-hybridized carbons (Fsp3) is 0.294. The topological polar surface area (TPSA) is 33.2 Å². The van der Waals surface area contributed by atoms with Crippen molar-refractivity contribution in [2.75, 3.05) is 6.54 Å². The van der Waals surface area contributed by atoms with Crippen molar-refractivity contribution in [2.45, 2.75) is 25.3 Å². The van der Waals surface area contributed by atoms with Gasteiger partial charge >= 0.3 is 0 Å². The zero-order valence-electron chi connectivity index (χ0n) is 11.4. The highest BCUT2D eigenvalue weighted by atomic mass is 16.2. The molecule has 0 N–H and O–H groups in total. The molecule has 1 aromatic heterocycles. The van der Waals surface area contributed by atoms with Crippen LogP contribution >= 0.6 is 0 Å². The summed E-state index contributed by atoms with van der Waals surface area (Å²) in [4.78, 5) is 19.1. The lowest BCUT2D eigenvalue weighted by atomic mass is 9.97. The fourth-order valence-electron chi connectivity index (χ4n) is 2.80. The van der Waals surface area contributed by atoms with Gasteiger partial charge in [0.1, 0.15) is 0 Å². The van der Waals surface area contributed by atoms with E-state index in [1.165, 1.54) is 0 Å². The van der Waals surface area contributed by atoms with Crippen molar-refractivity contribution in [1.82, 2.24) is 9.88 Å². The molecule has 2 aromatic rings. The average molecular weight is 266 g/mol. The van der Waals surface area contributed by atoms with Gasteiger partial charge in [0.15, 0.2) is 0 Å². The number of rotatable bonds is 2. The Morgan fingerprint density at radius 3 is 2.60 bits per heavy atom. The van der Waals surface area contributed by atoms with Gasteiger partial charge in [-0.05, 0) is 43.5 Å². The minimum Gasteiger partial charge on any atom is -0.330 e. The fourth-order valence-corrected chi connectivity index (χ4v) is 2.80. The Kier molecular flexibility index (Phi) is 3.77. The van der Waals surface area contributed by atoms with Crippen molar-refractivity contribution in [3.63, 3.8) is 0 Å². The van der Waals surface area contributed by atoms with Gasteiger partial charge in [0.25, 0.3) is 5.91 Å². The van der Waals surface area contributed by atoms with Crippen molar-refractivity contribution in [1.29, 1.82) is 0 Å². The van der Waals surface area contributed by atoms with Crippen molar-refractivity contribution < 1.29 is 4.79 Å². The van der Waals surface area contributed by atoms with Crippen LogP contribution in [0.2, 0.25) is 0 Å². The number of aromatic nitrogens is 1. The quantitative estimate of drug-likeness (QED) is 0.834. The molecule has 0 radical (unpaired) electrons. The van der Waals surface area contributed by atoms with Gasteiger partial charge in [-0.2, -0.15) is 0 Å². The third-order valence-electron chi connectivity index (χ3n) is 3.81. The molecule has 1 atom stereocenters. The lowest BCUT2D eigenvalue weighted by Gasteiger charge is -2.35. The van der Waals surface area contributed by atoms with Gasteiger partial charge in [0.05, 0.1) is 11.7 Å². The number of carbonyl (C=O) groups excluding carboxylic acids is 1. The molecule has 1 amide bonds. The first kappa shape index (κ1) is 12.9. The maximum atomic E-state index is 12.7. The van der Waals surface area contributed by atoms with Crippen molar-refractivity contribution >= 4 is 5.91 Å². The maximum Gasteiger partial charge on any atom is 0.254 e. The number of nitrogens with zero attached hydrogens (tertiary/aromatic N) is 2. The van der Waals surface area contributed by atoms with Crippen LogP contribution in [0.15, 0.2) is 54.7 Å². The molecule has 3 nitrogen and oxygen atoms in total. The summed E-state index contributed by atoms with van der Waals surface area (Å²) in [5.41, 5.74) is 1.76. The first-order chi connectivity index (χ1) is 9.86. The van der Waals surface area contributed by atoms with Crippen LogP contribution in [0.5, 0.6) is 0 Å². The molecule has 1 saturated heterocycles. The number of hydrogen-bond donors (Lipinski definition) is 0. The summed E-state index contributed by atoms with van der Waals surface area (Å²) in [6.07, 6.45) is 5.02. The molecule has 3 rings (SSSR count). The predicted molar refractivity (Wildman–Crippen MR) is 78.3 cm³/mol. The van der Waals surface area contributed by atoms with E-state index in [0.29, 0.717) is 0 Å².